The minimum absolute atomic E-state index is 0.0549. The zero-order valence-electron chi connectivity index (χ0n) is 21.1. The van der Waals surface area contributed by atoms with Gasteiger partial charge in [-0.15, -0.1) is 0 Å². The number of hydrogen-bond acceptors (Lipinski definition) is 9. The Morgan fingerprint density at radius 2 is 1.72 bits per heavy atom. The second-order valence-electron chi connectivity index (χ2n) is 8.21. The van der Waals surface area contributed by atoms with E-state index < -0.39 is 48.7 Å². The predicted molar refractivity (Wildman–Crippen MR) is 126 cm³/mol. The van der Waals surface area contributed by atoms with Gasteiger partial charge in [-0.25, -0.2) is 14.2 Å². The molecule has 1 unspecified atom stereocenters. The highest BCUT2D eigenvalue weighted by Crippen LogP contribution is 2.29. The van der Waals surface area contributed by atoms with Crippen molar-refractivity contribution in [2.75, 3.05) is 13.9 Å². The summed E-state index contributed by atoms with van der Waals surface area (Å²) in [6.45, 7) is 7.66. The van der Waals surface area contributed by atoms with Crippen LogP contribution in [-0.2, 0) is 19.1 Å². The number of hydrogen-bond donors (Lipinski definition) is 1. The summed E-state index contributed by atoms with van der Waals surface area (Å²) >= 11 is 0. The minimum atomic E-state index is -1.05. The summed E-state index contributed by atoms with van der Waals surface area (Å²) in [5.74, 6) is -1.94. The average molecular weight is 507 g/mol. The molecule has 1 aromatic carbocycles. The van der Waals surface area contributed by atoms with Crippen LogP contribution in [0.4, 0.5) is 4.39 Å². The van der Waals surface area contributed by atoms with Crippen molar-refractivity contribution in [3.05, 3.63) is 48.0 Å². The van der Waals surface area contributed by atoms with Crippen LogP contribution in [-0.4, -0.2) is 55.0 Å². The number of methoxy groups -OCH3 is 1. The number of nitrogens with zero attached hydrogens (tertiary/aromatic N) is 1. The van der Waals surface area contributed by atoms with Crippen molar-refractivity contribution >= 4 is 17.8 Å². The van der Waals surface area contributed by atoms with Gasteiger partial charge in [-0.2, -0.15) is 0 Å². The predicted octanol–water partition coefficient (Wildman–Crippen LogP) is 3.28. The number of pyridine rings is 1. The molecule has 1 heterocycles. The molecule has 0 aliphatic heterocycles. The Labute approximate surface area is 209 Å². The number of carbonyl (C=O) groups is 3. The number of amides is 1. The van der Waals surface area contributed by atoms with Crippen LogP contribution in [0, 0.1) is 11.7 Å². The Bertz CT molecular complexity index is 1040. The van der Waals surface area contributed by atoms with Gasteiger partial charge < -0.3 is 29.0 Å². The van der Waals surface area contributed by atoms with Gasteiger partial charge >= 0.3 is 11.9 Å². The van der Waals surface area contributed by atoms with E-state index in [4.69, 9.17) is 23.7 Å². The second-order valence-corrected chi connectivity index (χ2v) is 8.21. The molecule has 11 heteroatoms. The highest BCUT2D eigenvalue weighted by Gasteiger charge is 2.30. The highest BCUT2D eigenvalue weighted by atomic mass is 19.1. The van der Waals surface area contributed by atoms with Gasteiger partial charge in [0.2, 0.25) is 6.79 Å². The summed E-state index contributed by atoms with van der Waals surface area (Å²) in [6.07, 6.45) is 0.127. The lowest BCUT2D eigenvalue weighted by Crippen LogP contribution is -2.45. The lowest BCUT2D eigenvalue weighted by atomic mass is 10.0. The molecule has 0 saturated carbocycles. The van der Waals surface area contributed by atoms with Gasteiger partial charge in [0.15, 0.2) is 17.2 Å². The number of halogens is 1. The molecule has 0 aliphatic rings. The maximum atomic E-state index is 13.2. The third kappa shape index (κ3) is 8.10. The molecule has 0 radical (unpaired) electrons. The first-order chi connectivity index (χ1) is 17.0. The molecule has 196 valence electrons. The van der Waals surface area contributed by atoms with Crippen molar-refractivity contribution in [1.29, 1.82) is 0 Å². The van der Waals surface area contributed by atoms with E-state index in [0.29, 0.717) is 5.75 Å². The second kappa shape index (κ2) is 13.3. The molecule has 0 spiro atoms. The fourth-order valence-electron chi connectivity index (χ4n) is 3.19. The third-order valence-electron chi connectivity index (χ3n) is 4.98. The maximum Gasteiger partial charge on any atom is 0.328 e. The SMILES string of the molecule is COc1ccnc(C(=O)N[C@@H](C)C(=O)OC(C(C)C)[C@H](C)Oc2ccc(F)cc2)c1OCOC(C)=O. The largest absolute Gasteiger partial charge is 0.493 e. The monoisotopic (exact) mass is 506 g/mol. The molecule has 2 rings (SSSR count). The van der Waals surface area contributed by atoms with Gasteiger partial charge in [-0.3, -0.25) is 9.59 Å². The Morgan fingerprint density at radius 1 is 1.06 bits per heavy atom. The summed E-state index contributed by atoms with van der Waals surface area (Å²) in [5.41, 5.74) is -0.172. The zero-order chi connectivity index (χ0) is 26.8. The van der Waals surface area contributed by atoms with Crippen molar-refractivity contribution in [3.63, 3.8) is 0 Å². The van der Waals surface area contributed by atoms with Gasteiger partial charge in [0, 0.05) is 19.2 Å². The highest BCUT2D eigenvalue weighted by molar-refractivity contribution is 5.98. The molecule has 0 aliphatic carbocycles. The van der Waals surface area contributed by atoms with Crippen molar-refractivity contribution in [1.82, 2.24) is 10.3 Å². The maximum absolute atomic E-state index is 13.2. The average Bonchev–Trinajstić information content (AvgIpc) is 2.83. The fourth-order valence-corrected chi connectivity index (χ4v) is 3.19. The van der Waals surface area contributed by atoms with Gasteiger partial charge in [0.1, 0.15) is 29.8 Å². The number of ether oxygens (including phenoxy) is 5. The van der Waals surface area contributed by atoms with Crippen LogP contribution < -0.4 is 19.5 Å². The topological polar surface area (TPSA) is 122 Å². The van der Waals surface area contributed by atoms with Crippen LogP contribution in [0.5, 0.6) is 17.2 Å². The third-order valence-corrected chi connectivity index (χ3v) is 4.98. The van der Waals surface area contributed by atoms with E-state index in [0.717, 1.165) is 0 Å². The number of rotatable bonds is 12. The van der Waals surface area contributed by atoms with Crippen molar-refractivity contribution in [2.24, 2.45) is 5.92 Å². The smallest absolute Gasteiger partial charge is 0.328 e. The fraction of sp³-hybridized carbons (Fsp3) is 0.440. The summed E-state index contributed by atoms with van der Waals surface area (Å²) in [6, 6.07) is 5.92. The minimum Gasteiger partial charge on any atom is -0.493 e. The Hall–Kier alpha value is -3.89. The van der Waals surface area contributed by atoms with Crippen molar-refractivity contribution < 1.29 is 42.5 Å². The standard InChI is InChI=1S/C25H31FN2O8/c1-14(2)22(16(4)35-19-9-7-18(26)8-10-19)36-25(31)15(3)28-24(30)21-23(34-13-33-17(5)29)20(32-6)11-12-27-21/h7-12,14-16,22H,13H2,1-6H3,(H,28,30)/t15-,16-,22?/m0/s1. The van der Waals surface area contributed by atoms with E-state index in [1.807, 2.05) is 13.8 Å². The Morgan fingerprint density at radius 3 is 2.31 bits per heavy atom. The molecule has 1 N–H and O–H groups in total. The van der Waals surface area contributed by atoms with Gasteiger partial charge in [-0.1, -0.05) is 13.8 Å². The molecule has 0 fully saturated rings. The molecule has 1 aromatic heterocycles. The summed E-state index contributed by atoms with van der Waals surface area (Å²) in [5, 5.41) is 2.52. The lowest BCUT2D eigenvalue weighted by Gasteiger charge is -2.29. The number of nitrogens with one attached hydrogen (secondary N) is 1. The molecular formula is C25H31FN2O8. The first-order valence-electron chi connectivity index (χ1n) is 11.3. The lowest BCUT2D eigenvalue weighted by molar-refractivity contribution is -0.158. The first-order valence-corrected chi connectivity index (χ1v) is 11.3. The molecule has 2 aromatic rings. The van der Waals surface area contributed by atoms with Gasteiger partial charge in [0.05, 0.1) is 7.11 Å². The van der Waals surface area contributed by atoms with E-state index in [9.17, 15) is 18.8 Å². The summed E-state index contributed by atoms with van der Waals surface area (Å²) in [4.78, 5) is 40.7. The van der Waals surface area contributed by atoms with E-state index in [1.165, 1.54) is 57.5 Å². The number of aromatic nitrogens is 1. The van der Waals surface area contributed by atoms with Crippen molar-refractivity contribution in [3.8, 4) is 17.2 Å². The van der Waals surface area contributed by atoms with E-state index >= 15 is 0 Å². The van der Waals surface area contributed by atoms with Crippen LogP contribution in [0.25, 0.3) is 0 Å². The molecular weight excluding hydrogens is 475 g/mol. The van der Waals surface area contributed by atoms with Crippen LogP contribution in [0.2, 0.25) is 0 Å². The van der Waals surface area contributed by atoms with E-state index in [1.54, 1.807) is 6.92 Å². The van der Waals surface area contributed by atoms with Crippen molar-refractivity contribution in [2.45, 2.75) is 52.9 Å². The Balaban J connectivity index is 2.08. The van der Waals surface area contributed by atoms with Crippen LogP contribution in [0.3, 0.4) is 0 Å². The normalized spacial score (nSPS) is 13.2. The molecule has 36 heavy (non-hydrogen) atoms. The molecule has 3 atom stereocenters. The van der Waals surface area contributed by atoms with E-state index in [2.05, 4.69) is 10.3 Å². The molecule has 0 saturated heterocycles. The number of carbonyl (C=O) groups excluding carboxylic acids is 3. The van der Waals surface area contributed by atoms with Crippen LogP contribution >= 0.6 is 0 Å². The molecule has 1 amide bonds. The first kappa shape index (κ1) is 28.3. The zero-order valence-corrected chi connectivity index (χ0v) is 21.1. The van der Waals surface area contributed by atoms with Gasteiger partial charge in [-0.05, 0) is 44.0 Å². The quantitative estimate of drug-likeness (QED) is 0.341. The van der Waals surface area contributed by atoms with E-state index in [-0.39, 0.29) is 23.1 Å². The summed E-state index contributed by atoms with van der Waals surface area (Å²) in [7, 11) is 1.37. The number of benzene rings is 1. The Kier molecular flexibility index (Phi) is 10.4. The number of esters is 2. The van der Waals surface area contributed by atoms with Crippen LogP contribution in [0.1, 0.15) is 45.1 Å². The molecule has 0 bridgehead atoms. The molecule has 10 nitrogen and oxygen atoms in total. The van der Waals surface area contributed by atoms with Crippen LogP contribution in [0.15, 0.2) is 36.5 Å². The summed E-state index contributed by atoms with van der Waals surface area (Å²) < 4.78 is 39.9. The van der Waals surface area contributed by atoms with Gasteiger partial charge in [0.25, 0.3) is 5.91 Å².